The number of hydrogen-bond donors (Lipinski definition) is 0. The number of hydrogen-bond acceptors (Lipinski definition) is 5. The molecule has 1 heterocycles. The standard InChI is InChI=1S/C13H12N2O3S/c1-18-13(16)12-8-14-7-11(15-12)9-3-5-10(6-4-9)19(2)17/h3-8H,1-2H3. The summed E-state index contributed by atoms with van der Waals surface area (Å²) in [5.41, 5.74) is 1.52. The SMILES string of the molecule is COC(=O)c1cncc(-c2ccc(S(C)=O)cc2)n1. The van der Waals surface area contributed by atoms with Crippen LogP contribution >= 0.6 is 0 Å². The Hall–Kier alpha value is -2.08. The quantitative estimate of drug-likeness (QED) is 0.798. The van der Waals surface area contributed by atoms with E-state index < -0.39 is 16.8 Å². The second kappa shape index (κ2) is 5.71. The minimum absolute atomic E-state index is 0.156. The number of carbonyl (C=O) groups excluding carboxylic acids is 1. The molecular formula is C13H12N2O3S. The van der Waals surface area contributed by atoms with Crippen LogP contribution in [0.1, 0.15) is 10.5 Å². The zero-order chi connectivity index (χ0) is 13.8. The molecule has 1 aromatic carbocycles. The molecule has 1 aromatic heterocycles. The summed E-state index contributed by atoms with van der Waals surface area (Å²) in [5, 5.41) is 0. The molecular weight excluding hydrogens is 264 g/mol. The highest BCUT2D eigenvalue weighted by Gasteiger charge is 2.09. The van der Waals surface area contributed by atoms with Crippen molar-refractivity contribution in [3.05, 3.63) is 42.4 Å². The first-order valence-electron chi connectivity index (χ1n) is 5.46. The van der Waals surface area contributed by atoms with Gasteiger partial charge in [0.1, 0.15) is 0 Å². The average molecular weight is 276 g/mol. The Labute approximate surface area is 113 Å². The normalized spacial score (nSPS) is 11.9. The Morgan fingerprint density at radius 2 is 1.89 bits per heavy atom. The molecule has 0 saturated carbocycles. The van der Waals surface area contributed by atoms with E-state index in [2.05, 4.69) is 14.7 Å². The molecule has 0 amide bonds. The molecule has 0 aliphatic rings. The zero-order valence-electron chi connectivity index (χ0n) is 10.5. The summed E-state index contributed by atoms with van der Waals surface area (Å²) in [5.74, 6) is -0.527. The van der Waals surface area contributed by atoms with Crippen molar-refractivity contribution in [3.8, 4) is 11.3 Å². The van der Waals surface area contributed by atoms with Crippen LogP contribution in [0.2, 0.25) is 0 Å². The number of nitrogens with zero attached hydrogens (tertiary/aromatic N) is 2. The van der Waals surface area contributed by atoms with Crippen molar-refractivity contribution in [1.29, 1.82) is 0 Å². The van der Waals surface area contributed by atoms with E-state index in [1.807, 2.05) is 0 Å². The molecule has 0 spiro atoms. The summed E-state index contributed by atoms with van der Waals surface area (Å²) in [7, 11) is 0.277. The highest BCUT2D eigenvalue weighted by Crippen LogP contribution is 2.18. The number of methoxy groups -OCH3 is 1. The predicted octanol–water partition coefficient (Wildman–Crippen LogP) is 1.67. The monoisotopic (exact) mass is 276 g/mol. The summed E-state index contributed by atoms with van der Waals surface area (Å²) >= 11 is 0. The summed E-state index contributed by atoms with van der Waals surface area (Å²) in [6, 6.07) is 7.11. The lowest BCUT2D eigenvalue weighted by Crippen LogP contribution is -2.05. The van der Waals surface area contributed by atoms with E-state index in [-0.39, 0.29) is 5.69 Å². The van der Waals surface area contributed by atoms with E-state index in [1.165, 1.54) is 13.3 Å². The topological polar surface area (TPSA) is 69.2 Å². The molecule has 2 aromatic rings. The van der Waals surface area contributed by atoms with E-state index >= 15 is 0 Å². The lowest BCUT2D eigenvalue weighted by atomic mass is 10.1. The predicted molar refractivity (Wildman–Crippen MR) is 71.1 cm³/mol. The fraction of sp³-hybridized carbons (Fsp3) is 0.154. The number of aromatic nitrogens is 2. The van der Waals surface area contributed by atoms with E-state index in [0.717, 1.165) is 10.5 Å². The lowest BCUT2D eigenvalue weighted by Gasteiger charge is -2.03. The van der Waals surface area contributed by atoms with Crippen LogP contribution < -0.4 is 0 Å². The molecule has 5 nitrogen and oxygen atoms in total. The van der Waals surface area contributed by atoms with Crippen molar-refractivity contribution >= 4 is 16.8 Å². The smallest absolute Gasteiger partial charge is 0.358 e. The van der Waals surface area contributed by atoms with Gasteiger partial charge in [-0.3, -0.25) is 9.19 Å². The summed E-state index contributed by atoms with van der Waals surface area (Å²) in [6.45, 7) is 0. The van der Waals surface area contributed by atoms with Gasteiger partial charge in [0.25, 0.3) is 0 Å². The van der Waals surface area contributed by atoms with Gasteiger partial charge in [0.05, 0.1) is 25.2 Å². The van der Waals surface area contributed by atoms with Crippen LogP contribution in [0.3, 0.4) is 0 Å². The van der Waals surface area contributed by atoms with Gasteiger partial charge < -0.3 is 4.74 Å². The second-order valence-corrected chi connectivity index (χ2v) is 5.14. The summed E-state index contributed by atoms with van der Waals surface area (Å²) in [4.78, 5) is 20.3. The molecule has 19 heavy (non-hydrogen) atoms. The van der Waals surface area contributed by atoms with Gasteiger partial charge in [-0.2, -0.15) is 0 Å². The van der Waals surface area contributed by atoms with Crippen LogP contribution in [0.25, 0.3) is 11.3 Å². The highest BCUT2D eigenvalue weighted by atomic mass is 32.2. The van der Waals surface area contributed by atoms with Gasteiger partial charge in [0.2, 0.25) is 0 Å². The zero-order valence-corrected chi connectivity index (χ0v) is 11.3. The first kappa shape index (κ1) is 13.4. The number of carbonyl (C=O) groups is 1. The van der Waals surface area contributed by atoms with Crippen LogP contribution in [0.5, 0.6) is 0 Å². The average Bonchev–Trinajstić information content (AvgIpc) is 2.46. The number of ether oxygens (including phenoxy) is 1. The Bertz CT molecular complexity index is 626. The van der Waals surface area contributed by atoms with E-state index in [4.69, 9.17) is 0 Å². The number of esters is 1. The third kappa shape index (κ3) is 3.03. The molecule has 1 unspecified atom stereocenters. The minimum Gasteiger partial charge on any atom is -0.464 e. The van der Waals surface area contributed by atoms with Gasteiger partial charge in [0, 0.05) is 27.5 Å². The molecule has 0 bridgehead atoms. The van der Waals surface area contributed by atoms with Gasteiger partial charge >= 0.3 is 5.97 Å². The second-order valence-electron chi connectivity index (χ2n) is 3.76. The first-order valence-corrected chi connectivity index (χ1v) is 7.02. The minimum atomic E-state index is -1.02. The molecule has 0 fully saturated rings. The number of benzene rings is 1. The van der Waals surface area contributed by atoms with Gasteiger partial charge in [-0.05, 0) is 12.1 Å². The molecule has 0 saturated heterocycles. The largest absolute Gasteiger partial charge is 0.464 e. The summed E-state index contributed by atoms with van der Waals surface area (Å²) in [6.07, 6.45) is 4.53. The Kier molecular flexibility index (Phi) is 4.01. The van der Waals surface area contributed by atoms with Crippen molar-refractivity contribution in [2.75, 3.05) is 13.4 Å². The molecule has 98 valence electrons. The fourth-order valence-corrected chi connectivity index (χ4v) is 2.04. The third-order valence-electron chi connectivity index (χ3n) is 2.51. The van der Waals surface area contributed by atoms with E-state index in [0.29, 0.717) is 5.69 Å². The van der Waals surface area contributed by atoms with Crippen molar-refractivity contribution < 1.29 is 13.7 Å². The Morgan fingerprint density at radius 1 is 1.21 bits per heavy atom. The van der Waals surface area contributed by atoms with Crippen molar-refractivity contribution in [2.24, 2.45) is 0 Å². The molecule has 1 atom stereocenters. The van der Waals surface area contributed by atoms with Crippen molar-refractivity contribution in [1.82, 2.24) is 9.97 Å². The molecule has 6 heteroatoms. The fourth-order valence-electron chi connectivity index (χ4n) is 1.53. The van der Waals surface area contributed by atoms with Gasteiger partial charge in [-0.25, -0.2) is 9.78 Å². The third-order valence-corrected chi connectivity index (χ3v) is 3.45. The highest BCUT2D eigenvalue weighted by molar-refractivity contribution is 7.84. The van der Waals surface area contributed by atoms with Crippen LogP contribution in [0.15, 0.2) is 41.6 Å². The van der Waals surface area contributed by atoms with Crippen LogP contribution in [0.4, 0.5) is 0 Å². The summed E-state index contributed by atoms with van der Waals surface area (Å²) < 4.78 is 15.9. The van der Waals surface area contributed by atoms with E-state index in [9.17, 15) is 9.00 Å². The van der Waals surface area contributed by atoms with Gasteiger partial charge in [-0.15, -0.1) is 0 Å². The maximum Gasteiger partial charge on any atom is 0.358 e. The Morgan fingerprint density at radius 3 is 2.47 bits per heavy atom. The molecule has 0 aliphatic carbocycles. The van der Waals surface area contributed by atoms with E-state index in [1.54, 1.807) is 36.7 Å². The molecule has 0 N–H and O–H groups in total. The molecule has 2 rings (SSSR count). The van der Waals surface area contributed by atoms with Gasteiger partial charge in [-0.1, -0.05) is 12.1 Å². The van der Waals surface area contributed by atoms with Crippen LogP contribution in [-0.4, -0.2) is 33.5 Å². The van der Waals surface area contributed by atoms with Crippen LogP contribution in [0, 0.1) is 0 Å². The van der Waals surface area contributed by atoms with Gasteiger partial charge in [0.15, 0.2) is 5.69 Å². The Balaban J connectivity index is 2.36. The number of rotatable bonds is 3. The molecule has 0 aliphatic heterocycles. The lowest BCUT2D eigenvalue weighted by molar-refractivity contribution is 0.0593. The molecule has 0 radical (unpaired) electrons. The maximum atomic E-state index is 11.4. The maximum absolute atomic E-state index is 11.4. The van der Waals surface area contributed by atoms with Crippen LogP contribution in [-0.2, 0) is 15.5 Å². The first-order chi connectivity index (χ1) is 9.11. The van der Waals surface area contributed by atoms with Crippen molar-refractivity contribution in [2.45, 2.75) is 4.90 Å². The van der Waals surface area contributed by atoms with Crippen molar-refractivity contribution in [3.63, 3.8) is 0 Å².